The van der Waals surface area contributed by atoms with Gasteiger partial charge in [0.1, 0.15) is 0 Å². The zero-order valence-electron chi connectivity index (χ0n) is 8.56. The number of fused-ring (bicyclic) bond motifs is 1. The van der Waals surface area contributed by atoms with Gasteiger partial charge in [-0.2, -0.15) is 10.9 Å². The maximum Gasteiger partial charge on any atom is 0.340 e. The van der Waals surface area contributed by atoms with E-state index in [1.165, 1.54) is 6.07 Å². The zero-order chi connectivity index (χ0) is 12.0. The van der Waals surface area contributed by atoms with Crippen LogP contribution in [0.25, 0.3) is 0 Å². The quantitative estimate of drug-likeness (QED) is 0.615. The molecule has 1 aromatic carbocycles. The fourth-order valence-corrected chi connectivity index (χ4v) is 3.70. The van der Waals surface area contributed by atoms with Gasteiger partial charge >= 0.3 is 5.97 Å². The Morgan fingerprint density at radius 2 is 1.88 bits per heavy atom. The second-order valence-electron chi connectivity index (χ2n) is 3.71. The highest BCUT2D eigenvalue weighted by Gasteiger charge is 2.37. The van der Waals surface area contributed by atoms with Crippen molar-refractivity contribution in [1.82, 2.24) is 0 Å². The van der Waals surface area contributed by atoms with Crippen LogP contribution in [0.3, 0.4) is 0 Å². The Morgan fingerprint density at radius 3 is 2.59 bits per heavy atom. The third-order valence-electron chi connectivity index (χ3n) is 2.72. The van der Waals surface area contributed by atoms with Gasteiger partial charge in [-0.05, 0) is 22.9 Å². The summed E-state index contributed by atoms with van der Waals surface area (Å²) in [6.07, 6.45) is 3.63. The van der Waals surface area contributed by atoms with Crippen LogP contribution in [-0.2, 0) is 4.74 Å². The predicted molar refractivity (Wildman–Crippen MR) is 61.8 cm³/mol. The molecular weight excluding hydrogens is 246 g/mol. The molecule has 88 valence electrons. The summed E-state index contributed by atoms with van der Waals surface area (Å²) in [5.41, 5.74) is -0.513. The van der Waals surface area contributed by atoms with Gasteiger partial charge in [-0.1, -0.05) is 12.2 Å². The number of esters is 1. The lowest BCUT2D eigenvalue weighted by Crippen LogP contribution is -1.99. The molecule has 0 amide bonds. The minimum Gasteiger partial charge on any atom is -0.444 e. The Labute approximate surface area is 98.9 Å². The van der Waals surface area contributed by atoms with Crippen LogP contribution < -0.4 is 0 Å². The number of benzene rings is 1. The SMILES string of the molecule is O=C1OC([SH]2C=CC=C2)c2c1ccc(F)c2F. The van der Waals surface area contributed by atoms with Crippen LogP contribution in [-0.4, -0.2) is 5.97 Å². The number of hydrogen-bond acceptors (Lipinski definition) is 2. The largest absolute Gasteiger partial charge is 0.444 e. The van der Waals surface area contributed by atoms with Gasteiger partial charge in [0.25, 0.3) is 0 Å². The van der Waals surface area contributed by atoms with Crippen LogP contribution >= 0.6 is 10.9 Å². The second-order valence-corrected chi connectivity index (χ2v) is 5.67. The number of carbonyl (C=O) groups is 1. The number of thiol groups is 1. The highest BCUT2D eigenvalue weighted by molar-refractivity contribution is 8.22. The van der Waals surface area contributed by atoms with Crippen molar-refractivity contribution < 1.29 is 18.3 Å². The Kier molecular flexibility index (Phi) is 2.29. The van der Waals surface area contributed by atoms with E-state index in [0.29, 0.717) is 0 Å². The fraction of sp³-hybridized carbons (Fsp3) is 0.0833. The topological polar surface area (TPSA) is 26.3 Å². The van der Waals surface area contributed by atoms with Crippen molar-refractivity contribution in [3.63, 3.8) is 0 Å². The molecule has 0 bridgehead atoms. The molecule has 0 saturated heterocycles. The molecule has 1 aromatic rings. The van der Waals surface area contributed by atoms with Gasteiger partial charge < -0.3 is 4.74 Å². The standard InChI is InChI=1S/C12H8F2O2S/c13-8-4-3-7-9(10(8)14)12(16-11(7)15)17-5-1-2-6-17/h1-6,12,17H. The Hall–Kier alpha value is -1.62. The molecule has 17 heavy (non-hydrogen) atoms. The van der Waals surface area contributed by atoms with E-state index in [4.69, 9.17) is 4.74 Å². The first-order valence-corrected chi connectivity index (χ1v) is 6.55. The first-order chi connectivity index (χ1) is 8.18. The van der Waals surface area contributed by atoms with Crippen molar-refractivity contribution >= 4 is 16.9 Å². The van der Waals surface area contributed by atoms with Gasteiger partial charge in [-0.3, -0.25) is 0 Å². The molecule has 2 aliphatic heterocycles. The predicted octanol–water partition coefficient (Wildman–Crippen LogP) is 3.18. The maximum atomic E-state index is 13.7. The Balaban J connectivity index is 2.14. The second kappa shape index (κ2) is 3.70. The van der Waals surface area contributed by atoms with E-state index >= 15 is 0 Å². The van der Waals surface area contributed by atoms with Crippen molar-refractivity contribution in [2.24, 2.45) is 0 Å². The molecule has 0 aliphatic carbocycles. The Bertz CT molecular complexity index is 554. The van der Waals surface area contributed by atoms with Crippen LogP contribution in [0.5, 0.6) is 0 Å². The van der Waals surface area contributed by atoms with E-state index in [0.717, 1.165) is 6.07 Å². The molecule has 2 aliphatic rings. The Morgan fingerprint density at radius 1 is 1.18 bits per heavy atom. The number of cyclic esters (lactones) is 1. The number of ether oxygens (including phenoxy) is 1. The summed E-state index contributed by atoms with van der Waals surface area (Å²) in [7, 11) is -0.899. The van der Waals surface area contributed by atoms with Crippen LogP contribution in [0, 0.1) is 11.6 Å². The van der Waals surface area contributed by atoms with Crippen LogP contribution in [0.1, 0.15) is 21.4 Å². The van der Waals surface area contributed by atoms with Crippen LogP contribution in [0.4, 0.5) is 8.78 Å². The van der Waals surface area contributed by atoms with E-state index in [1.807, 2.05) is 23.0 Å². The first kappa shape index (κ1) is 10.5. The number of carbonyl (C=O) groups excluding carboxylic acids is 1. The molecule has 0 saturated carbocycles. The average Bonchev–Trinajstić information content (AvgIpc) is 2.91. The van der Waals surface area contributed by atoms with Gasteiger partial charge in [0.2, 0.25) is 0 Å². The zero-order valence-corrected chi connectivity index (χ0v) is 9.46. The van der Waals surface area contributed by atoms with Gasteiger partial charge in [0.05, 0.1) is 11.1 Å². The van der Waals surface area contributed by atoms with Crippen molar-refractivity contribution in [2.75, 3.05) is 0 Å². The normalized spacial score (nSPS) is 23.1. The summed E-state index contributed by atoms with van der Waals surface area (Å²) in [4.78, 5) is 11.5. The molecule has 0 N–H and O–H groups in total. The fourth-order valence-electron chi connectivity index (χ4n) is 1.92. The minimum absolute atomic E-state index is 0.0531. The van der Waals surface area contributed by atoms with Crippen molar-refractivity contribution in [1.29, 1.82) is 0 Å². The molecule has 2 nitrogen and oxygen atoms in total. The van der Waals surface area contributed by atoms with E-state index in [2.05, 4.69) is 0 Å². The van der Waals surface area contributed by atoms with Crippen LogP contribution in [0.2, 0.25) is 0 Å². The lowest BCUT2D eigenvalue weighted by Gasteiger charge is -2.19. The molecule has 0 fully saturated rings. The third kappa shape index (κ3) is 1.50. The van der Waals surface area contributed by atoms with Crippen molar-refractivity contribution in [2.45, 2.75) is 5.44 Å². The monoisotopic (exact) mass is 254 g/mol. The minimum atomic E-state index is -0.977. The van der Waals surface area contributed by atoms with Gasteiger partial charge in [0, 0.05) is 0 Å². The molecule has 0 radical (unpaired) electrons. The lowest BCUT2D eigenvalue weighted by molar-refractivity contribution is 0.0519. The molecular formula is C12H8F2O2S. The van der Waals surface area contributed by atoms with Crippen LogP contribution in [0.15, 0.2) is 35.1 Å². The van der Waals surface area contributed by atoms with Crippen molar-refractivity contribution in [3.05, 3.63) is 57.9 Å². The third-order valence-corrected chi connectivity index (χ3v) is 4.65. The molecule has 1 atom stereocenters. The summed E-state index contributed by atoms with van der Waals surface area (Å²) < 4.78 is 32.1. The van der Waals surface area contributed by atoms with Crippen molar-refractivity contribution in [3.8, 4) is 0 Å². The summed E-state index contributed by atoms with van der Waals surface area (Å²) in [5, 5.41) is 3.71. The number of rotatable bonds is 1. The van der Waals surface area contributed by atoms with E-state index < -0.39 is 33.9 Å². The highest BCUT2D eigenvalue weighted by Crippen LogP contribution is 2.53. The van der Waals surface area contributed by atoms with Gasteiger partial charge in [-0.15, -0.1) is 0 Å². The highest BCUT2D eigenvalue weighted by atomic mass is 32.2. The maximum absolute atomic E-state index is 13.7. The number of halogens is 2. The molecule has 0 aromatic heterocycles. The van der Waals surface area contributed by atoms with E-state index in [1.54, 1.807) is 0 Å². The van der Waals surface area contributed by atoms with Gasteiger partial charge in [-0.25, -0.2) is 13.6 Å². The number of hydrogen-bond donors (Lipinski definition) is 1. The van der Waals surface area contributed by atoms with Gasteiger partial charge in [0.15, 0.2) is 17.1 Å². The molecule has 3 rings (SSSR count). The van der Waals surface area contributed by atoms with E-state index in [9.17, 15) is 13.6 Å². The first-order valence-electron chi connectivity index (χ1n) is 5.00. The number of allylic oxidation sites excluding steroid dienone is 2. The van der Waals surface area contributed by atoms with E-state index in [-0.39, 0.29) is 11.1 Å². The smallest absolute Gasteiger partial charge is 0.340 e. The summed E-state index contributed by atoms with van der Waals surface area (Å²) in [6, 6.07) is 2.22. The average molecular weight is 254 g/mol. The summed E-state index contributed by atoms with van der Waals surface area (Å²) in [5.74, 6) is -2.51. The molecule has 5 heteroatoms. The summed E-state index contributed by atoms with van der Waals surface area (Å²) >= 11 is 0. The molecule has 2 heterocycles. The molecule has 1 unspecified atom stereocenters. The lowest BCUT2D eigenvalue weighted by atomic mass is 10.1. The summed E-state index contributed by atoms with van der Waals surface area (Å²) in [6.45, 7) is 0. The molecule has 0 spiro atoms.